The Hall–Kier alpha value is -2.69. The Morgan fingerprint density at radius 3 is 2.45 bits per heavy atom. The molecule has 1 aliphatic heterocycles. The molecule has 2 aromatic rings. The van der Waals surface area contributed by atoms with E-state index < -0.39 is 10.0 Å². The minimum Gasteiger partial charge on any atom is -0.475 e. The predicted molar refractivity (Wildman–Crippen MR) is 117 cm³/mol. The van der Waals surface area contributed by atoms with Crippen molar-refractivity contribution in [3.05, 3.63) is 47.7 Å². The van der Waals surface area contributed by atoms with E-state index in [1.165, 1.54) is 10.5 Å². The highest BCUT2D eigenvalue weighted by atomic mass is 32.2. The lowest BCUT2D eigenvalue weighted by atomic mass is 10.2. The van der Waals surface area contributed by atoms with Crippen molar-refractivity contribution in [1.29, 1.82) is 0 Å². The van der Waals surface area contributed by atoms with E-state index in [2.05, 4.69) is 10.3 Å². The number of anilines is 1. The first-order valence-electron chi connectivity index (χ1n) is 10.0. The number of ether oxygens (including phenoxy) is 2. The van der Waals surface area contributed by atoms with E-state index in [-0.39, 0.29) is 19.1 Å². The molecule has 10 heteroatoms. The molecule has 3 rings (SSSR count). The lowest BCUT2D eigenvalue weighted by Gasteiger charge is -2.34. The van der Waals surface area contributed by atoms with Crippen LogP contribution in [0.5, 0.6) is 5.88 Å². The largest absolute Gasteiger partial charge is 0.475 e. The number of nitrogens with one attached hydrogen (secondary N) is 1. The fourth-order valence-corrected chi connectivity index (χ4v) is 4.96. The van der Waals surface area contributed by atoms with Crippen LogP contribution < -0.4 is 10.1 Å². The molecular formula is C21H28N4O5S. The summed E-state index contributed by atoms with van der Waals surface area (Å²) in [5.74, 6) is 0.445. The van der Waals surface area contributed by atoms with Gasteiger partial charge in [0, 0.05) is 39.4 Å². The number of rotatable bonds is 7. The van der Waals surface area contributed by atoms with Crippen molar-refractivity contribution < 1.29 is 22.7 Å². The molecule has 0 radical (unpaired) electrons. The standard InChI is InChI=1S/C21H28N4O5S/c1-16-4-6-19(17(2)14-16)31(27,28)25-10-8-24(9-11-25)21(26)23-18-5-7-20(22-15-18)30-13-12-29-3/h4-7,14-15H,8-13H2,1-3H3,(H,23,26). The van der Waals surface area contributed by atoms with Crippen molar-refractivity contribution in [3.63, 3.8) is 0 Å². The van der Waals surface area contributed by atoms with Gasteiger partial charge in [0.2, 0.25) is 15.9 Å². The topological polar surface area (TPSA) is 101 Å². The molecule has 1 aromatic carbocycles. The van der Waals surface area contributed by atoms with Gasteiger partial charge in [-0.1, -0.05) is 17.7 Å². The Balaban J connectivity index is 1.55. The molecule has 168 valence electrons. The fraction of sp³-hybridized carbons (Fsp3) is 0.429. The molecule has 0 aliphatic carbocycles. The molecule has 1 aliphatic rings. The molecule has 1 fully saturated rings. The first-order valence-corrected chi connectivity index (χ1v) is 11.5. The normalized spacial score (nSPS) is 15.0. The highest BCUT2D eigenvalue weighted by molar-refractivity contribution is 7.89. The van der Waals surface area contributed by atoms with Crippen LogP contribution in [0.2, 0.25) is 0 Å². The van der Waals surface area contributed by atoms with Crippen LogP contribution in [0, 0.1) is 13.8 Å². The Kier molecular flexibility index (Phi) is 7.47. The summed E-state index contributed by atoms with van der Waals surface area (Å²) in [6.07, 6.45) is 1.51. The smallest absolute Gasteiger partial charge is 0.321 e. The number of aryl methyl sites for hydroxylation is 2. The lowest BCUT2D eigenvalue weighted by Crippen LogP contribution is -2.51. The maximum atomic E-state index is 13.0. The molecule has 1 aromatic heterocycles. The summed E-state index contributed by atoms with van der Waals surface area (Å²) in [5, 5.41) is 2.78. The zero-order chi connectivity index (χ0) is 22.4. The summed E-state index contributed by atoms with van der Waals surface area (Å²) in [4.78, 5) is 18.6. The second kappa shape index (κ2) is 10.1. The van der Waals surface area contributed by atoms with Crippen LogP contribution in [0.25, 0.3) is 0 Å². The number of aromatic nitrogens is 1. The Bertz CT molecular complexity index is 1000. The molecular weight excluding hydrogens is 420 g/mol. The van der Waals surface area contributed by atoms with Crippen LogP contribution in [0.3, 0.4) is 0 Å². The van der Waals surface area contributed by atoms with Gasteiger partial charge in [0.05, 0.1) is 23.4 Å². The third kappa shape index (κ3) is 5.72. The van der Waals surface area contributed by atoms with Gasteiger partial charge in [-0.2, -0.15) is 4.31 Å². The molecule has 0 spiro atoms. The number of nitrogens with zero attached hydrogens (tertiary/aromatic N) is 3. The first kappa shape index (κ1) is 23.0. The summed E-state index contributed by atoms with van der Waals surface area (Å²) in [5.41, 5.74) is 2.28. The maximum absolute atomic E-state index is 13.0. The van der Waals surface area contributed by atoms with Crippen molar-refractivity contribution in [1.82, 2.24) is 14.2 Å². The fourth-order valence-electron chi connectivity index (χ4n) is 3.33. The van der Waals surface area contributed by atoms with Gasteiger partial charge >= 0.3 is 6.03 Å². The summed E-state index contributed by atoms with van der Waals surface area (Å²) < 4.78 is 37.7. The quantitative estimate of drug-likeness (QED) is 0.652. The van der Waals surface area contributed by atoms with E-state index in [0.29, 0.717) is 42.8 Å². The summed E-state index contributed by atoms with van der Waals surface area (Å²) in [6.45, 7) is 5.68. The summed E-state index contributed by atoms with van der Waals surface area (Å²) in [7, 11) is -2.00. The van der Waals surface area contributed by atoms with Crippen LogP contribution in [0.1, 0.15) is 11.1 Å². The molecule has 2 amide bonds. The predicted octanol–water partition coefficient (Wildman–Crippen LogP) is 2.26. The zero-order valence-electron chi connectivity index (χ0n) is 18.0. The summed E-state index contributed by atoms with van der Waals surface area (Å²) >= 11 is 0. The van der Waals surface area contributed by atoms with Crippen molar-refractivity contribution in [2.75, 3.05) is 51.8 Å². The van der Waals surface area contributed by atoms with Crippen LogP contribution in [-0.2, 0) is 14.8 Å². The first-order chi connectivity index (χ1) is 14.8. The summed E-state index contributed by atoms with van der Waals surface area (Å²) in [6, 6.07) is 8.38. The number of piperazine rings is 1. The van der Waals surface area contributed by atoms with Crippen LogP contribution in [0.4, 0.5) is 10.5 Å². The number of urea groups is 1. The molecule has 1 N–H and O–H groups in total. The highest BCUT2D eigenvalue weighted by Gasteiger charge is 2.31. The van der Waals surface area contributed by atoms with Gasteiger partial charge in [0.15, 0.2) is 0 Å². The molecule has 0 saturated carbocycles. The van der Waals surface area contributed by atoms with Crippen LogP contribution in [-0.4, -0.2) is 75.1 Å². The number of sulfonamides is 1. The van der Waals surface area contributed by atoms with Gasteiger partial charge in [-0.3, -0.25) is 0 Å². The highest BCUT2D eigenvalue weighted by Crippen LogP contribution is 2.22. The van der Waals surface area contributed by atoms with E-state index in [1.54, 1.807) is 43.2 Å². The third-order valence-corrected chi connectivity index (χ3v) is 7.06. The van der Waals surface area contributed by atoms with Crippen molar-refractivity contribution in [2.45, 2.75) is 18.7 Å². The molecule has 1 saturated heterocycles. The molecule has 0 bridgehead atoms. The monoisotopic (exact) mass is 448 g/mol. The van der Waals surface area contributed by atoms with Gasteiger partial charge in [-0.05, 0) is 31.5 Å². The van der Waals surface area contributed by atoms with Crippen molar-refractivity contribution in [2.24, 2.45) is 0 Å². The molecule has 0 unspecified atom stereocenters. The van der Waals surface area contributed by atoms with E-state index in [9.17, 15) is 13.2 Å². The average Bonchev–Trinajstić information content (AvgIpc) is 2.75. The van der Waals surface area contributed by atoms with E-state index in [4.69, 9.17) is 9.47 Å². The number of amides is 2. The van der Waals surface area contributed by atoms with Crippen LogP contribution >= 0.6 is 0 Å². The van der Waals surface area contributed by atoms with Gasteiger partial charge in [0.25, 0.3) is 0 Å². The SMILES string of the molecule is COCCOc1ccc(NC(=O)N2CCN(S(=O)(=O)c3ccc(C)cc3C)CC2)cn1. The maximum Gasteiger partial charge on any atom is 0.321 e. The second-order valence-electron chi connectivity index (χ2n) is 7.32. The molecule has 31 heavy (non-hydrogen) atoms. The number of carbonyl (C=O) groups is 1. The minimum absolute atomic E-state index is 0.244. The zero-order valence-corrected chi connectivity index (χ0v) is 18.8. The Morgan fingerprint density at radius 1 is 1.10 bits per heavy atom. The number of hydrogen-bond donors (Lipinski definition) is 1. The lowest BCUT2D eigenvalue weighted by molar-refractivity contribution is 0.144. The van der Waals surface area contributed by atoms with Crippen molar-refractivity contribution in [3.8, 4) is 5.88 Å². The molecule has 0 atom stereocenters. The van der Waals surface area contributed by atoms with Gasteiger partial charge in [0.1, 0.15) is 6.61 Å². The Morgan fingerprint density at radius 2 is 1.84 bits per heavy atom. The second-order valence-corrected chi connectivity index (χ2v) is 9.22. The number of benzene rings is 1. The molecule has 9 nitrogen and oxygen atoms in total. The van der Waals surface area contributed by atoms with E-state index >= 15 is 0 Å². The number of methoxy groups -OCH3 is 1. The van der Waals surface area contributed by atoms with Crippen molar-refractivity contribution >= 4 is 21.7 Å². The third-order valence-electron chi connectivity index (χ3n) is 5.00. The van der Waals surface area contributed by atoms with E-state index in [1.807, 2.05) is 13.0 Å². The van der Waals surface area contributed by atoms with Gasteiger partial charge in [-0.15, -0.1) is 0 Å². The average molecular weight is 449 g/mol. The van der Waals surface area contributed by atoms with Gasteiger partial charge < -0.3 is 19.7 Å². The number of pyridine rings is 1. The number of hydrogen-bond acceptors (Lipinski definition) is 6. The number of carbonyl (C=O) groups excluding carboxylic acids is 1. The molecule has 2 heterocycles. The Labute approximate surface area is 183 Å². The minimum atomic E-state index is -3.59. The van der Waals surface area contributed by atoms with E-state index in [0.717, 1.165) is 11.1 Å². The van der Waals surface area contributed by atoms with Gasteiger partial charge in [-0.25, -0.2) is 18.2 Å². The van der Waals surface area contributed by atoms with Crippen LogP contribution in [0.15, 0.2) is 41.4 Å².